The maximum atomic E-state index is 12.2. The van der Waals surface area contributed by atoms with Gasteiger partial charge in [-0.25, -0.2) is 44.3 Å². The van der Waals surface area contributed by atoms with Gasteiger partial charge in [0.1, 0.15) is 75.8 Å². The van der Waals surface area contributed by atoms with Gasteiger partial charge in [-0.15, -0.1) is 11.8 Å². The number of anilines is 1. The highest BCUT2D eigenvalue weighted by atomic mass is 32.2. The van der Waals surface area contributed by atoms with Crippen molar-refractivity contribution in [2.24, 2.45) is 0 Å². The number of hydrogen-bond acceptors (Lipinski definition) is 28. The predicted octanol–water partition coefficient (Wildman–Crippen LogP) is 13.3. The molecule has 0 N–H and O–H groups in total. The lowest BCUT2D eigenvalue weighted by molar-refractivity contribution is -0.142. The summed E-state index contributed by atoms with van der Waals surface area (Å²) in [5, 5.41) is 0.939. The van der Waals surface area contributed by atoms with Crippen LogP contribution in [-0.4, -0.2) is 165 Å². The lowest BCUT2D eigenvalue weighted by Crippen LogP contribution is -2.13. The first-order valence-corrected chi connectivity index (χ1v) is 29.8. The van der Waals surface area contributed by atoms with Crippen LogP contribution in [0.1, 0.15) is 89.2 Å². The molecular formula is C58H70F16N18O9S. The van der Waals surface area contributed by atoms with Crippen molar-refractivity contribution < 1.29 is 113 Å². The first kappa shape index (κ1) is 89.8. The number of nitrogens with zero attached hydrogens (tertiary/aromatic N) is 18. The molecule has 8 rings (SSSR count). The van der Waals surface area contributed by atoms with Crippen molar-refractivity contribution in [3.63, 3.8) is 0 Å². The molecule has 0 radical (unpaired) electrons. The number of rotatable bonds is 20. The molecule has 8 heterocycles. The third kappa shape index (κ3) is 40.8. The first-order chi connectivity index (χ1) is 47.6. The third-order valence-electron chi connectivity index (χ3n) is 9.92. The SMILES string of the molecule is CCOc1cc(OCC)nc(C)n1.COc1cc(SC)nc(C)n1.Cc1cc(OC(F)F)nc(C)n1.Cc1nc(C)nc(C)n1.Cc1nc(CF)cc(OC(F)F)n1.Cc1nc(OC(F)F)cc(C(F)(F)F)n1.Cc1nc(OC(F)F)cc(N(C)C)n1.Cc1nc(OC(F)F)cc(OC(F)F)n1. The van der Waals surface area contributed by atoms with E-state index in [0.717, 1.165) is 47.4 Å². The fourth-order valence-electron chi connectivity index (χ4n) is 6.67. The van der Waals surface area contributed by atoms with E-state index in [2.05, 4.69) is 113 Å². The Bertz CT molecular complexity index is 3620. The highest BCUT2D eigenvalue weighted by molar-refractivity contribution is 7.98. The van der Waals surface area contributed by atoms with Crippen LogP contribution >= 0.6 is 11.8 Å². The monoisotopic (exact) mass is 1500 g/mol. The average Bonchev–Trinajstić information content (AvgIpc) is 0.844. The lowest BCUT2D eigenvalue weighted by atomic mass is 10.4. The quantitative estimate of drug-likeness (QED) is 0.0389. The predicted molar refractivity (Wildman–Crippen MR) is 331 cm³/mol. The molecule has 0 spiro atoms. The summed E-state index contributed by atoms with van der Waals surface area (Å²) in [4.78, 5) is 65.9. The fourth-order valence-corrected chi connectivity index (χ4v) is 7.12. The van der Waals surface area contributed by atoms with E-state index in [-0.39, 0.29) is 40.8 Å². The Labute approximate surface area is 577 Å². The van der Waals surface area contributed by atoms with Gasteiger partial charge < -0.3 is 47.5 Å². The van der Waals surface area contributed by atoms with Gasteiger partial charge in [0.25, 0.3) is 0 Å². The lowest BCUT2D eigenvalue weighted by Gasteiger charge is -2.12. The standard InChI is InChI=1S/C9H14N2O2.C8H11F2N3O.C7H5F5N2O.C7H6F4N2O2.C7H7F3N2O.C7H8F2N2O.C7H10N2OS.C6H9N3/c1-4-12-8-6-9(13-5-2)11-7(3)10-8;1-5-11-6(13(2)3)4-7(12-5)14-8(9)10;1-3-13-4(7(10,11)12)2-5(14-3)15-6(8)9;1-3-12-4(14-6(8)9)2-5(13-3)15-7(10)11;1-4-11-5(3-8)2-6(12-4)13-7(9)10;1-4-3-6(12-7(8)9)11-5(2)10-4;1-5-8-6(10-2)4-7(9-5)11-3;1-4-7-5(2)9-6(3)8-4/h6H,4-5H2,1-3H3;4,8H,1-3H3;2,6H,1H3;2,6-7H,1H3;2,7H,3H2,1H3;3,7H,1-2H3;4H,1-3H3;1-3H3. The normalized spacial score (nSPS) is 10.5. The van der Waals surface area contributed by atoms with Crippen molar-refractivity contribution >= 4 is 17.6 Å². The fraction of sp³-hybridized carbons (Fsp3) is 0.466. The number of aryl methyl sites for hydroxylation is 11. The maximum Gasteiger partial charge on any atom is 0.433 e. The summed E-state index contributed by atoms with van der Waals surface area (Å²) >= 11 is 1.58. The Hall–Kier alpha value is -10.2. The minimum Gasteiger partial charge on any atom is -0.481 e. The van der Waals surface area contributed by atoms with Crippen LogP contribution in [-0.2, 0) is 12.9 Å². The van der Waals surface area contributed by atoms with Gasteiger partial charge in [0, 0.05) is 50.1 Å². The van der Waals surface area contributed by atoms with Gasteiger partial charge in [-0.05, 0) is 96.3 Å². The molecule has 0 amide bonds. The average molecular weight is 1500 g/mol. The number of hydrogen-bond donors (Lipinski definition) is 0. The zero-order chi connectivity index (χ0) is 77.6. The van der Waals surface area contributed by atoms with Crippen LogP contribution in [0.15, 0.2) is 47.5 Å². The third-order valence-corrected chi connectivity index (χ3v) is 10.5. The number of thioether (sulfide) groups is 1. The van der Waals surface area contributed by atoms with Gasteiger partial charge in [0.2, 0.25) is 52.9 Å². The summed E-state index contributed by atoms with van der Waals surface area (Å²) in [6.45, 7) is 4.27. The van der Waals surface area contributed by atoms with E-state index in [1.807, 2.05) is 60.8 Å². The number of aromatic nitrogens is 17. The van der Waals surface area contributed by atoms with Gasteiger partial charge in [-0.1, -0.05) is 0 Å². The Morgan fingerprint density at radius 2 is 0.667 bits per heavy atom. The number of methoxy groups -OCH3 is 1. The van der Waals surface area contributed by atoms with E-state index >= 15 is 0 Å². The van der Waals surface area contributed by atoms with Crippen LogP contribution in [0.2, 0.25) is 0 Å². The highest BCUT2D eigenvalue weighted by Gasteiger charge is 2.34. The largest absolute Gasteiger partial charge is 0.481 e. The molecule has 0 saturated heterocycles. The zero-order valence-corrected chi connectivity index (χ0v) is 58.1. The summed E-state index contributed by atoms with van der Waals surface area (Å²) in [6, 6.07) is 8.35. The minimum absolute atomic E-state index is 0.0104. The molecule has 564 valence electrons. The van der Waals surface area contributed by atoms with E-state index in [1.165, 1.54) is 26.0 Å². The minimum atomic E-state index is -4.71. The molecule has 0 saturated carbocycles. The zero-order valence-electron chi connectivity index (χ0n) is 57.3. The molecule has 0 bridgehead atoms. The molecule has 0 aliphatic heterocycles. The highest BCUT2D eigenvalue weighted by Crippen LogP contribution is 2.30. The number of alkyl halides is 16. The Balaban J connectivity index is 0.000000585. The molecule has 0 fully saturated rings. The van der Waals surface area contributed by atoms with E-state index in [4.69, 9.17) is 14.2 Å². The van der Waals surface area contributed by atoms with Gasteiger partial charge in [-0.2, -0.15) is 111 Å². The van der Waals surface area contributed by atoms with E-state index < -0.39 is 75.9 Å². The Morgan fingerprint density at radius 3 is 1.02 bits per heavy atom. The van der Waals surface area contributed by atoms with E-state index in [0.29, 0.717) is 65.9 Å². The van der Waals surface area contributed by atoms with Gasteiger partial charge >= 0.3 is 45.8 Å². The molecule has 27 nitrogen and oxygen atoms in total. The van der Waals surface area contributed by atoms with Crippen molar-refractivity contribution in [2.45, 2.75) is 148 Å². The number of halogens is 16. The second-order valence-electron chi connectivity index (χ2n) is 18.7. The van der Waals surface area contributed by atoms with Gasteiger partial charge in [0.05, 0.1) is 38.2 Å². The van der Waals surface area contributed by atoms with Crippen molar-refractivity contribution in [2.75, 3.05) is 45.6 Å². The molecule has 0 aromatic carbocycles. The second-order valence-corrected chi connectivity index (χ2v) is 19.5. The second kappa shape index (κ2) is 46.3. The van der Waals surface area contributed by atoms with E-state index in [9.17, 15) is 70.2 Å². The summed E-state index contributed by atoms with van der Waals surface area (Å²) in [5.41, 5.74) is -0.674. The molecule has 0 atom stereocenters. The molecule has 102 heavy (non-hydrogen) atoms. The van der Waals surface area contributed by atoms with Gasteiger partial charge in [0.15, 0.2) is 5.69 Å². The van der Waals surface area contributed by atoms with Crippen LogP contribution < -0.4 is 47.5 Å². The molecule has 8 aromatic rings. The molecular weight excluding hydrogens is 1430 g/mol. The molecule has 0 unspecified atom stereocenters. The molecule has 44 heteroatoms. The van der Waals surface area contributed by atoms with Crippen LogP contribution in [0.4, 0.5) is 76.1 Å². The van der Waals surface area contributed by atoms with Crippen molar-refractivity contribution in [1.82, 2.24) is 84.7 Å². The Kier molecular flexibility index (Phi) is 40.7. The van der Waals surface area contributed by atoms with E-state index in [1.54, 1.807) is 64.7 Å². The van der Waals surface area contributed by atoms with Crippen LogP contribution in [0.3, 0.4) is 0 Å². The Morgan fingerprint density at radius 1 is 0.363 bits per heavy atom. The van der Waals surface area contributed by atoms with Crippen LogP contribution in [0.25, 0.3) is 0 Å². The van der Waals surface area contributed by atoms with Gasteiger partial charge in [-0.3, -0.25) is 0 Å². The smallest absolute Gasteiger partial charge is 0.433 e. The summed E-state index contributed by atoms with van der Waals surface area (Å²) in [7, 11) is 5.12. The first-order valence-electron chi connectivity index (χ1n) is 28.6. The van der Waals surface area contributed by atoms with Crippen LogP contribution in [0, 0.1) is 76.2 Å². The molecule has 0 aliphatic carbocycles. The number of ether oxygens (including phenoxy) is 9. The summed E-state index contributed by atoms with van der Waals surface area (Å²) < 4.78 is 229. The van der Waals surface area contributed by atoms with Crippen molar-refractivity contribution in [3.05, 3.63) is 118 Å². The maximum absolute atomic E-state index is 12.2. The van der Waals surface area contributed by atoms with Crippen molar-refractivity contribution in [1.29, 1.82) is 0 Å². The van der Waals surface area contributed by atoms with Crippen LogP contribution in [0.5, 0.6) is 52.9 Å². The topological polar surface area (TPSA) is 305 Å². The summed E-state index contributed by atoms with van der Waals surface area (Å²) in [5.74, 6) is 4.44. The van der Waals surface area contributed by atoms with Crippen molar-refractivity contribution in [3.8, 4) is 52.9 Å². The molecule has 0 aliphatic rings. The molecule has 8 aromatic heterocycles. The summed E-state index contributed by atoms with van der Waals surface area (Å²) in [6.07, 6.45) is -2.74.